The quantitative estimate of drug-likeness (QED) is 0.745. The van der Waals surface area contributed by atoms with Crippen LogP contribution >= 0.6 is 11.6 Å². The number of benzene rings is 2. The van der Waals surface area contributed by atoms with Gasteiger partial charge < -0.3 is 9.47 Å². The topological polar surface area (TPSA) is 35.5 Å². The molecular formula is C18H13ClF2O3. The first kappa shape index (κ1) is 16.5. The molecule has 1 aliphatic rings. The smallest absolute Gasteiger partial charge is 0.387 e. The highest BCUT2D eigenvalue weighted by atomic mass is 35.5. The average Bonchev–Trinajstić information content (AvgIpc) is 2.85. The van der Waals surface area contributed by atoms with Gasteiger partial charge in [0.2, 0.25) is 0 Å². The summed E-state index contributed by atoms with van der Waals surface area (Å²) in [5.41, 5.74) is 2.48. The van der Waals surface area contributed by atoms with Gasteiger partial charge in [0, 0.05) is 22.6 Å². The zero-order valence-corrected chi connectivity index (χ0v) is 13.4. The summed E-state index contributed by atoms with van der Waals surface area (Å²) in [7, 11) is 1.37. The molecule has 1 aliphatic carbocycles. The predicted molar refractivity (Wildman–Crippen MR) is 87.1 cm³/mol. The van der Waals surface area contributed by atoms with Crippen molar-refractivity contribution >= 4 is 23.5 Å². The van der Waals surface area contributed by atoms with E-state index in [1.807, 2.05) is 0 Å². The third kappa shape index (κ3) is 3.12. The fourth-order valence-electron chi connectivity index (χ4n) is 2.68. The van der Waals surface area contributed by atoms with Gasteiger partial charge in [-0.15, -0.1) is 0 Å². The Labute approximate surface area is 142 Å². The van der Waals surface area contributed by atoms with Crippen LogP contribution in [0.5, 0.6) is 11.5 Å². The Kier molecular flexibility index (Phi) is 4.53. The summed E-state index contributed by atoms with van der Waals surface area (Å²) in [6.07, 6.45) is 2.06. The maximum Gasteiger partial charge on any atom is 0.387 e. The van der Waals surface area contributed by atoms with E-state index < -0.39 is 6.61 Å². The van der Waals surface area contributed by atoms with E-state index in [2.05, 4.69) is 4.74 Å². The van der Waals surface area contributed by atoms with Crippen LogP contribution in [0.2, 0.25) is 5.02 Å². The highest BCUT2D eigenvalue weighted by Crippen LogP contribution is 2.34. The van der Waals surface area contributed by atoms with Gasteiger partial charge in [-0.2, -0.15) is 8.78 Å². The molecule has 0 fully saturated rings. The molecular weight excluding hydrogens is 338 g/mol. The van der Waals surface area contributed by atoms with Crippen molar-refractivity contribution in [2.24, 2.45) is 0 Å². The number of fused-ring (bicyclic) bond motifs is 1. The van der Waals surface area contributed by atoms with Crippen molar-refractivity contribution in [1.29, 1.82) is 0 Å². The summed E-state index contributed by atoms with van der Waals surface area (Å²) < 4.78 is 34.4. The van der Waals surface area contributed by atoms with Crippen LogP contribution in [-0.4, -0.2) is 19.5 Å². The molecule has 6 heteroatoms. The third-order valence-corrected chi connectivity index (χ3v) is 4.12. The molecule has 0 atom stereocenters. The second-order valence-corrected chi connectivity index (χ2v) is 5.64. The Morgan fingerprint density at radius 3 is 2.67 bits per heavy atom. The Morgan fingerprint density at radius 2 is 2.00 bits per heavy atom. The van der Waals surface area contributed by atoms with E-state index in [1.165, 1.54) is 19.2 Å². The lowest BCUT2D eigenvalue weighted by Crippen LogP contribution is -2.03. The molecule has 0 aliphatic heterocycles. The van der Waals surface area contributed by atoms with Crippen LogP contribution in [0.15, 0.2) is 42.0 Å². The van der Waals surface area contributed by atoms with E-state index in [0.29, 0.717) is 28.1 Å². The number of allylic oxidation sites excluding steroid dienone is 1. The molecule has 0 N–H and O–H groups in total. The molecule has 24 heavy (non-hydrogen) atoms. The number of halogens is 3. The SMILES string of the molecule is COc1ccc(/C=C2/Cc3c(Cl)cccc3C2=O)cc1OC(F)F. The molecule has 0 heterocycles. The Bertz CT molecular complexity index is 831. The average molecular weight is 351 g/mol. The number of ketones is 1. The van der Waals surface area contributed by atoms with E-state index in [0.717, 1.165) is 5.56 Å². The number of rotatable bonds is 4. The fraction of sp³-hybridized carbons (Fsp3) is 0.167. The predicted octanol–water partition coefficient (Wildman–Crippen LogP) is 4.77. The van der Waals surface area contributed by atoms with Crippen molar-refractivity contribution in [1.82, 2.24) is 0 Å². The molecule has 0 unspecified atom stereocenters. The minimum Gasteiger partial charge on any atom is -0.493 e. The first-order valence-electron chi connectivity index (χ1n) is 7.15. The number of alkyl halides is 2. The molecule has 3 nitrogen and oxygen atoms in total. The second-order valence-electron chi connectivity index (χ2n) is 5.23. The summed E-state index contributed by atoms with van der Waals surface area (Å²) in [5.74, 6) is 0.00372. The van der Waals surface area contributed by atoms with Crippen LogP contribution in [0.25, 0.3) is 6.08 Å². The molecule has 0 saturated carbocycles. The third-order valence-electron chi connectivity index (χ3n) is 3.77. The minimum absolute atomic E-state index is 0.0807. The Morgan fingerprint density at radius 1 is 1.21 bits per heavy atom. The van der Waals surface area contributed by atoms with Crippen LogP contribution in [0.4, 0.5) is 8.78 Å². The van der Waals surface area contributed by atoms with Gasteiger partial charge >= 0.3 is 6.61 Å². The number of carbonyl (C=O) groups is 1. The van der Waals surface area contributed by atoms with Gasteiger partial charge in [-0.05, 0) is 35.4 Å². The highest BCUT2D eigenvalue weighted by molar-refractivity contribution is 6.33. The van der Waals surface area contributed by atoms with Crippen LogP contribution in [0, 0.1) is 0 Å². The lowest BCUT2D eigenvalue weighted by Gasteiger charge is -2.10. The maximum absolute atomic E-state index is 12.5. The van der Waals surface area contributed by atoms with Crippen molar-refractivity contribution < 1.29 is 23.0 Å². The summed E-state index contributed by atoms with van der Waals surface area (Å²) in [5, 5.41) is 0.542. The van der Waals surface area contributed by atoms with E-state index in [-0.39, 0.29) is 17.3 Å². The van der Waals surface area contributed by atoms with E-state index in [9.17, 15) is 13.6 Å². The maximum atomic E-state index is 12.5. The van der Waals surface area contributed by atoms with Gasteiger partial charge in [0.1, 0.15) is 0 Å². The molecule has 3 rings (SSSR count). The number of ether oxygens (including phenoxy) is 2. The molecule has 0 aromatic heterocycles. The number of hydrogen-bond donors (Lipinski definition) is 0. The van der Waals surface area contributed by atoms with Crippen LogP contribution in [0.1, 0.15) is 21.5 Å². The lowest BCUT2D eigenvalue weighted by molar-refractivity contribution is -0.0512. The summed E-state index contributed by atoms with van der Waals surface area (Å²) in [6.45, 7) is -2.96. The number of Topliss-reactive ketones (excluding diaryl/α,β-unsaturated/α-hetero) is 1. The monoisotopic (exact) mass is 350 g/mol. The summed E-state index contributed by atoms with van der Waals surface area (Å²) >= 11 is 6.13. The highest BCUT2D eigenvalue weighted by Gasteiger charge is 2.26. The molecule has 0 spiro atoms. The Hall–Kier alpha value is -2.40. The molecule has 0 amide bonds. The lowest BCUT2D eigenvalue weighted by atomic mass is 10.1. The fourth-order valence-corrected chi connectivity index (χ4v) is 2.93. The van der Waals surface area contributed by atoms with Gasteiger partial charge in [-0.1, -0.05) is 29.8 Å². The molecule has 2 aromatic rings. The van der Waals surface area contributed by atoms with Crippen molar-refractivity contribution in [3.63, 3.8) is 0 Å². The molecule has 124 valence electrons. The van der Waals surface area contributed by atoms with E-state index in [4.69, 9.17) is 16.3 Å². The van der Waals surface area contributed by atoms with Gasteiger partial charge in [0.15, 0.2) is 17.3 Å². The van der Waals surface area contributed by atoms with Crippen LogP contribution in [-0.2, 0) is 6.42 Å². The second kappa shape index (κ2) is 6.61. The van der Waals surface area contributed by atoms with E-state index >= 15 is 0 Å². The zero-order chi connectivity index (χ0) is 17.3. The minimum atomic E-state index is -2.96. The van der Waals surface area contributed by atoms with Gasteiger partial charge in [0.05, 0.1) is 7.11 Å². The normalized spacial score (nSPS) is 15.0. The van der Waals surface area contributed by atoms with Crippen LogP contribution < -0.4 is 9.47 Å². The molecule has 0 saturated heterocycles. The van der Waals surface area contributed by atoms with Crippen molar-refractivity contribution in [3.8, 4) is 11.5 Å². The molecule has 2 aromatic carbocycles. The first-order valence-corrected chi connectivity index (χ1v) is 7.53. The number of carbonyl (C=O) groups excluding carboxylic acids is 1. The first-order chi connectivity index (χ1) is 11.5. The van der Waals surface area contributed by atoms with Crippen molar-refractivity contribution in [3.05, 3.63) is 63.7 Å². The summed E-state index contributed by atoms with van der Waals surface area (Å²) in [4.78, 5) is 12.4. The van der Waals surface area contributed by atoms with Crippen LogP contribution in [0.3, 0.4) is 0 Å². The zero-order valence-electron chi connectivity index (χ0n) is 12.7. The summed E-state index contributed by atoms with van der Waals surface area (Å²) in [6, 6.07) is 9.79. The molecule has 0 radical (unpaired) electrons. The number of methoxy groups -OCH3 is 1. The van der Waals surface area contributed by atoms with Crippen molar-refractivity contribution in [2.75, 3.05) is 7.11 Å². The van der Waals surface area contributed by atoms with E-state index in [1.54, 1.807) is 30.3 Å². The van der Waals surface area contributed by atoms with Gasteiger partial charge in [-0.25, -0.2) is 0 Å². The molecule has 0 bridgehead atoms. The largest absolute Gasteiger partial charge is 0.493 e. The van der Waals surface area contributed by atoms with Crippen molar-refractivity contribution in [2.45, 2.75) is 13.0 Å². The number of hydrogen-bond acceptors (Lipinski definition) is 3. The van der Waals surface area contributed by atoms with Gasteiger partial charge in [-0.3, -0.25) is 4.79 Å². The standard InChI is InChI=1S/C18H13ClF2O3/c1-23-15-6-5-10(8-16(15)24-18(20)21)7-11-9-13-12(17(11)22)3-2-4-14(13)19/h2-8,18H,9H2,1H3/b11-7-. The Balaban J connectivity index is 1.95. The van der Waals surface area contributed by atoms with Gasteiger partial charge in [0.25, 0.3) is 0 Å².